The summed E-state index contributed by atoms with van der Waals surface area (Å²) in [5, 5.41) is 17.6. The van der Waals surface area contributed by atoms with Crippen LogP contribution in [0.1, 0.15) is 0 Å². The van der Waals surface area contributed by atoms with Crippen molar-refractivity contribution in [3.63, 3.8) is 0 Å². The molecule has 0 bridgehead atoms. The van der Waals surface area contributed by atoms with Crippen LogP contribution in [0.15, 0.2) is 223 Å². The fraction of sp³-hybridized carbons (Fsp3) is 0. The maximum absolute atomic E-state index is 6.48. The number of rotatable bonds is 5. The molecule has 0 spiro atoms. The highest BCUT2D eigenvalue weighted by Gasteiger charge is 2.19. The van der Waals surface area contributed by atoms with Gasteiger partial charge >= 0.3 is 0 Å². The third kappa shape index (κ3) is 5.56. The highest BCUT2D eigenvalue weighted by molar-refractivity contribution is 6.37. The van der Waals surface area contributed by atoms with Crippen LogP contribution in [0.3, 0.4) is 0 Å². The number of aromatic nitrogens is 2. The van der Waals surface area contributed by atoms with Gasteiger partial charge in [-0.3, -0.25) is 0 Å². The maximum atomic E-state index is 6.48. The van der Waals surface area contributed by atoms with E-state index >= 15 is 0 Å². The molecule has 0 atom stereocenters. The van der Waals surface area contributed by atoms with Crippen molar-refractivity contribution in [3.05, 3.63) is 218 Å². The molecule has 0 saturated carbocycles. The quantitative estimate of drug-likeness (QED) is 0.162. The van der Waals surface area contributed by atoms with Crippen LogP contribution in [-0.4, -0.2) is 9.97 Å². The highest BCUT2D eigenvalue weighted by atomic mass is 16.3. The molecular weight excluding hydrogens is 789 g/mol. The minimum absolute atomic E-state index is 0.671. The van der Waals surface area contributed by atoms with E-state index in [2.05, 4.69) is 188 Å². The van der Waals surface area contributed by atoms with Gasteiger partial charge < -0.3 is 4.42 Å². The Hall–Kier alpha value is -8.66. The van der Waals surface area contributed by atoms with E-state index in [-0.39, 0.29) is 0 Å². The third-order valence-electron chi connectivity index (χ3n) is 13.6. The second-order valence-electron chi connectivity index (χ2n) is 17.2. The standard InChI is InChI=1S/C62H36N2O/c1-2-11-42(12-3-1)62-63-54(36-55(64-62)52-23-10-22-51-47-18-4-5-24-56(47)65-61(51)52)38-27-25-37(26-28-38)43-16-6-17-44(33-43)46-34-45-32-31-41-14-8-20-49-48-19-7-13-39-29-30-40-15-9-21-50(59(40)57(39)48)53(35-46)60(45)58(41)49/h1-36H. The van der Waals surface area contributed by atoms with Crippen LogP contribution in [0.5, 0.6) is 0 Å². The summed E-state index contributed by atoms with van der Waals surface area (Å²) in [6, 6.07) is 78.9. The van der Waals surface area contributed by atoms with Gasteiger partial charge in [-0.25, -0.2) is 9.97 Å². The predicted molar refractivity (Wildman–Crippen MR) is 273 cm³/mol. The molecule has 65 heavy (non-hydrogen) atoms. The summed E-state index contributed by atoms with van der Waals surface area (Å²) in [6.07, 6.45) is 0. The van der Waals surface area contributed by atoms with Crippen molar-refractivity contribution in [2.24, 2.45) is 0 Å². The molecule has 0 fully saturated rings. The summed E-state index contributed by atoms with van der Waals surface area (Å²) < 4.78 is 6.48. The van der Waals surface area contributed by atoms with Crippen molar-refractivity contribution in [1.29, 1.82) is 0 Å². The number of hydrogen-bond donors (Lipinski definition) is 0. The molecule has 0 aliphatic carbocycles. The lowest BCUT2D eigenvalue weighted by atomic mass is 9.86. The molecule has 14 rings (SSSR count). The van der Waals surface area contributed by atoms with Gasteiger partial charge in [-0.15, -0.1) is 0 Å². The molecule has 2 heterocycles. The molecular formula is C62H36N2O. The van der Waals surface area contributed by atoms with Crippen LogP contribution in [-0.2, 0) is 0 Å². The predicted octanol–water partition coefficient (Wildman–Crippen LogP) is 17.1. The van der Waals surface area contributed by atoms with Gasteiger partial charge in [0.1, 0.15) is 11.2 Å². The van der Waals surface area contributed by atoms with Crippen molar-refractivity contribution in [1.82, 2.24) is 9.97 Å². The normalized spacial score (nSPS) is 12.0. The Kier molecular flexibility index (Phi) is 7.69. The van der Waals surface area contributed by atoms with Gasteiger partial charge in [0.05, 0.1) is 11.4 Å². The SMILES string of the molecule is c1ccc(-c2nc(-c3ccc(-c4cccc(-c5cc6ccc7cccc8c9cccc%10ccc%11cccc(c(c5)c6c78)c%11c%109)c4)cc3)cc(-c3cccc4c3oc3ccccc34)n2)cc1. The molecule has 2 aromatic heterocycles. The Morgan fingerprint density at radius 2 is 0.800 bits per heavy atom. The fourth-order valence-electron chi connectivity index (χ4n) is 10.6. The summed E-state index contributed by atoms with van der Waals surface area (Å²) in [7, 11) is 0. The number of benzene rings is 11. The minimum atomic E-state index is 0.671. The molecule has 3 heteroatoms. The molecule has 0 unspecified atom stereocenters. The first-order chi connectivity index (χ1) is 32.2. The zero-order chi connectivity index (χ0) is 42.6. The third-order valence-corrected chi connectivity index (χ3v) is 13.6. The Balaban J connectivity index is 0.904. The summed E-state index contributed by atoms with van der Waals surface area (Å²) in [5.74, 6) is 0.671. The molecule has 300 valence electrons. The first kappa shape index (κ1) is 35.9. The van der Waals surface area contributed by atoms with E-state index in [0.717, 1.165) is 61.1 Å². The second kappa shape index (κ2) is 13.9. The van der Waals surface area contributed by atoms with E-state index in [1.807, 2.05) is 30.3 Å². The number of hydrogen-bond acceptors (Lipinski definition) is 3. The van der Waals surface area contributed by atoms with Gasteiger partial charge in [-0.2, -0.15) is 0 Å². The summed E-state index contributed by atoms with van der Waals surface area (Å²) in [4.78, 5) is 10.3. The lowest BCUT2D eigenvalue weighted by Crippen LogP contribution is -1.96. The van der Waals surface area contributed by atoms with Gasteiger partial charge in [0, 0.05) is 27.5 Å². The van der Waals surface area contributed by atoms with Crippen LogP contribution < -0.4 is 0 Å². The van der Waals surface area contributed by atoms with Crippen molar-refractivity contribution in [2.75, 3.05) is 0 Å². The van der Waals surface area contributed by atoms with Crippen molar-refractivity contribution >= 4 is 86.6 Å². The molecule has 14 aromatic rings. The van der Waals surface area contributed by atoms with E-state index in [4.69, 9.17) is 14.4 Å². The van der Waals surface area contributed by atoms with Gasteiger partial charge in [-0.1, -0.05) is 182 Å². The molecule has 0 amide bonds. The Morgan fingerprint density at radius 3 is 1.52 bits per heavy atom. The van der Waals surface area contributed by atoms with Crippen LogP contribution in [0.25, 0.3) is 143 Å². The van der Waals surface area contributed by atoms with E-state index in [9.17, 15) is 0 Å². The Morgan fingerprint density at radius 1 is 0.277 bits per heavy atom. The number of fused-ring (bicyclic) bond motifs is 5. The first-order valence-electron chi connectivity index (χ1n) is 22.2. The molecule has 0 aliphatic rings. The van der Waals surface area contributed by atoms with Gasteiger partial charge in [0.2, 0.25) is 0 Å². The molecule has 3 nitrogen and oxygen atoms in total. The van der Waals surface area contributed by atoms with E-state index < -0.39 is 0 Å². The zero-order valence-electron chi connectivity index (χ0n) is 35.1. The van der Waals surface area contributed by atoms with Crippen LogP contribution in [0.4, 0.5) is 0 Å². The van der Waals surface area contributed by atoms with E-state index in [1.54, 1.807) is 0 Å². The van der Waals surface area contributed by atoms with Crippen molar-refractivity contribution < 1.29 is 4.42 Å². The summed E-state index contributed by atoms with van der Waals surface area (Å²) in [6.45, 7) is 0. The minimum Gasteiger partial charge on any atom is -0.455 e. The van der Waals surface area contributed by atoms with E-state index in [1.165, 1.54) is 75.8 Å². The fourth-order valence-corrected chi connectivity index (χ4v) is 10.6. The smallest absolute Gasteiger partial charge is 0.160 e. The highest BCUT2D eigenvalue weighted by Crippen LogP contribution is 2.45. The van der Waals surface area contributed by atoms with Gasteiger partial charge in [-0.05, 0) is 123 Å². The Labute approximate surface area is 373 Å². The molecule has 0 aliphatic heterocycles. The lowest BCUT2D eigenvalue weighted by molar-refractivity contribution is 0.670. The van der Waals surface area contributed by atoms with Gasteiger partial charge in [0.15, 0.2) is 5.82 Å². The maximum Gasteiger partial charge on any atom is 0.160 e. The molecule has 0 N–H and O–H groups in total. The topological polar surface area (TPSA) is 38.9 Å². The van der Waals surface area contributed by atoms with E-state index in [0.29, 0.717) is 5.82 Å². The van der Waals surface area contributed by atoms with Crippen molar-refractivity contribution in [3.8, 4) is 56.2 Å². The number of furan rings is 1. The van der Waals surface area contributed by atoms with Crippen LogP contribution in [0.2, 0.25) is 0 Å². The summed E-state index contributed by atoms with van der Waals surface area (Å²) in [5.41, 5.74) is 10.9. The molecule has 12 aromatic carbocycles. The largest absolute Gasteiger partial charge is 0.455 e. The second-order valence-corrected chi connectivity index (χ2v) is 17.2. The lowest BCUT2D eigenvalue weighted by Gasteiger charge is -2.17. The van der Waals surface area contributed by atoms with Gasteiger partial charge in [0.25, 0.3) is 0 Å². The number of nitrogens with zero attached hydrogens (tertiary/aromatic N) is 2. The van der Waals surface area contributed by atoms with Crippen molar-refractivity contribution in [2.45, 2.75) is 0 Å². The van der Waals surface area contributed by atoms with Crippen LogP contribution >= 0.6 is 0 Å². The average Bonchev–Trinajstić information content (AvgIpc) is 3.76. The number of para-hydroxylation sites is 2. The van der Waals surface area contributed by atoms with Crippen LogP contribution in [0, 0.1) is 0 Å². The monoisotopic (exact) mass is 824 g/mol. The molecule has 0 saturated heterocycles. The first-order valence-corrected chi connectivity index (χ1v) is 22.2. The molecule has 0 radical (unpaired) electrons. The zero-order valence-corrected chi connectivity index (χ0v) is 35.1. The summed E-state index contributed by atoms with van der Waals surface area (Å²) >= 11 is 0. The average molecular weight is 825 g/mol. The Bertz CT molecular complexity index is 4220.